The van der Waals surface area contributed by atoms with Gasteiger partial charge in [-0.1, -0.05) is 23.7 Å². The monoisotopic (exact) mass is 270 g/mol. The zero-order valence-electron chi connectivity index (χ0n) is 10.9. The smallest absolute Gasteiger partial charge is 0.241 e. The Morgan fingerprint density at radius 1 is 1.44 bits per heavy atom. The van der Waals surface area contributed by atoms with E-state index in [0.717, 1.165) is 0 Å². The molecule has 0 aliphatic carbocycles. The largest absolute Gasteiger partial charge is 0.490 e. The molecule has 0 fully saturated rings. The van der Waals surface area contributed by atoms with E-state index in [-0.39, 0.29) is 5.91 Å². The number of ether oxygens (including phenoxy) is 1. The summed E-state index contributed by atoms with van der Waals surface area (Å²) in [6.07, 6.45) is 0. The zero-order chi connectivity index (χ0) is 13.8. The van der Waals surface area contributed by atoms with Crippen LogP contribution in [0.2, 0.25) is 5.02 Å². The van der Waals surface area contributed by atoms with Gasteiger partial charge in [-0.2, -0.15) is 0 Å². The molecule has 2 N–H and O–H groups in total. The van der Waals surface area contributed by atoms with Gasteiger partial charge in [-0.3, -0.25) is 4.79 Å². The van der Waals surface area contributed by atoms with E-state index in [4.69, 9.17) is 22.1 Å². The number of rotatable bonds is 5. The molecule has 5 heteroatoms. The summed E-state index contributed by atoms with van der Waals surface area (Å²) in [5.74, 6) is 0.497. The number of halogens is 1. The van der Waals surface area contributed by atoms with Crippen molar-refractivity contribution in [1.82, 2.24) is 4.90 Å². The van der Waals surface area contributed by atoms with Gasteiger partial charge in [0.05, 0.1) is 17.1 Å². The molecule has 0 unspecified atom stereocenters. The minimum atomic E-state index is -0.862. The average molecular weight is 271 g/mol. The van der Waals surface area contributed by atoms with Crippen molar-refractivity contribution in [3.8, 4) is 5.75 Å². The van der Waals surface area contributed by atoms with Crippen LogP contribution in [-0.2, 0) is 4.79 Å². The van der Waals surface area contributed by atoms with Gasteiger partial charge in [-0.15, -0.1) is 0 Å². The number of carbonyl (C=O) groups excluding carboxylic acids is 1. The van der Waals surface area contributed by atoms with Crippen molar-refractivity contribution in [2.45, 2.75) is 19.4 Å². The van der Waals surface area contributed by atoms with E-state index in [1.54, 1.807) is 37.9 Å². The highest BCUT2D eigenvalue weighted by molar-refractivity contribution is 6.32. The normalized spacial score (nSPS) is 11.2. The fourth-order valence-corrected chi connectivity index (χ4v) is 1.64. The lowest BCUT2D eigenvalue weighted by Gasteiger charge is -2.25. The molecule has 0 saturated heterocycles. The summed E-state index contributed by atoms with van der Waals surface area (Å²) in [5, 5.41) is 0.561. The van der Waals surface area contributed by atoms with Gasteiger partial charge in [0, 0.05) is 7.05 Å². The second kappa shape index (κ2) is 6.07. The predicted octanol–water partition coefficient (Wildman–Crippen LogP) is 1.91. The van der Waals surface area contributed by atoms with E-state index < -0.39 is 5.54 Å². The van der Waals surface area contributed by atoms with Crippen LogP contribution in [0.15, 0.2) is 24.3 Å². The van der Waals surface area contributed by atoms with Gasteiger partial charge >= 0.3 is 0 Å². The van der Waals surface area contributed by atoms with Crippen LogP contribution in [-0.4, -0.2) is 36.5 Å². The number of likely N-dealkylation sites (N-methyl/N-ethyl adjacent to an activating group) is 1. The third kappa shape index (κ3) is 4.20. The molecule has 18 heavy (non-hydrogen) atoms. The van der Waals surface area contributed by atoms with Crippen LogP contribution < -0.4 is 10.5 Å². The molecule has 1 rings (SSSR count). The summed E-state index contributed by atoms with van der Waals surface area (Å²) >= 11 is 5.95. The van der Waals surface area contributed by atoms with Crippen molar-refractivity contribution >= 4 is 17.5 Å². The van der Waals surface area contributed by atoms with E-state index in [1.807, 2.05) is 12.1 Å². The number of nitrogens with zero attached hydrogens (tertiary/aromatic N) is 1. The third-order valence-corrected chi connectivity index (χ3v) is 2.73. The van der Waals surface area contributed by atoms with Crippen LogP contribution in [0.1, 0.15) is 13.8 Å². The molecule has 0 spiro atoms. The Hall–Kier alpha value is -1.26. The molecule has 1 amide bonds. The Kier molecular flexibility index (Phi) is 4.99. The Morgan fingerprint density at radius 3 is 2.61 bits per heavy atom. The number of nitrogens with two attached hydrogens (primary N) is 1. The molecule has 100 valence electrons. The molecule has 0 aliphatic rings. The number of amides is 1. The van der Waals surface area contributed by atoms with Gasteiger partial charge in [0.15, 0.2) is 0 Å². The summed E-state index contributed by atoms with van der Waals surface area (Å²) in [4.78, 5) is 13.3. The van der Waals surface area contributed by atoms with Crippen molar-refractivity contribution in [1.29, 1.82) is 0 Å². The molecule has 0 radical (unpaired) electrons. The van der Waals surface area contributed by atoms with Gasteiger partial charge in [0.2, 0.25) is 5.91 Å². The van der Waals surface area contributed by atoms with Crippen LogP contribution in [0.5, 0.6) is 5.75 Å². The van der Waals surface area contributed by atoms with E-state index in [9.17, 15) is 4.79 Å². The second-order valence-corrected chi connectivity index (χ2v) is 5.13. The molecule has 0 aliphatic heterocycles. The molecule has 0 bridgehead atoms. The maximum Gasteiger partial charge on any atom is 0.241 e. The molecule has 0 atom stereocenters. The van der Waals surface area contributed by atoms with Crippen molar-refractivity contribution in [3.63, 3.8) is 0 Å². The quantitative estimate of drug-likeness (QED) is 0.889. The Labute approximate surface area is 113 Å². The van der Waals surface area contributed by atoms with E-state index >= 15 is 0 Å². The van der Waals surface area contributed by atoms with Gasteiger partial charge in [0.25, 0.3) is 0 Å². The summed E-state index contributed by atoms with van der Waals surface area (Å²) in [5.41, 5.74) is 4.87. The molecule has 1 aromatic rings. The Morgan fingerprint density at radius 2 is 2.06 bits per heavy atom. The van der Waals surface area contributed by atoms with Gasteiger partial charge in [-0.25, -0.2) is 0 Å². The Bertz CT molecular complexity index is 416. The maximum atomic E-state index is 11.8. The molecule has 4 nitrogen and oxygen atoms in total. The first-order chi connectivity index (χ1) is 8.32. The molecule has 0 saturated carbocycles. The topological polar surface area (TPSA) is 55.6 Å². The standard InChI is InChI=1S/C13H19ClN2O2/c1-13(2,15)12(17)16(3)8-9-18-11-7-5-4-6-10(11)14/h4-7H,8-9,15H2,1-3H3. The molecular formula is C13H19ClN2O2. The molecule has 0 aromatic heterocycles. The molecule has 1 aromatic carbocycles. The van der Waals surface area contributed by atoms with Crippen LogP contribution in [0.25, 0.3) is 0 Å². The molecule has 0 heterocycles. The van der Waals surface area contributed by atoms with E-state index in [0.29, 0.717) is 23.9 Å². The van der Waals surface area contributed by atoms with Crippen molar-refractivity contribution in [3.05, 3.63) is 29.3 Å². The minimum Gasteiger partial charge on any atom is -0.490 e. The summed E-state index contributed by atoms with van der Waals surface area (Å²) in [6, 6.07) is 7.23. The lowest BCUT2D eigenvalue weighted by atomic mass is 10.1. The van der Waals surface area contributed by atoms with Crippen LogP contribution in [0.4, 0.5) is 0 Å². The van der Waals surface area contributed by atoms with E-state index in [1.165, 1.54) is 0 Å². The van der Waals surface area contributed by atoms with Gasteiger partial charge < -0.3 is 15.4 Å². The Balaban J connectivity index is 2.43. The average Bonchev–Trinajstić information content (AvgIpc) is 2.29. The first-order valence-corrected chi connectivity index (χ1v) is 6.12. The van der Waals surface area contributed by atoms with Crippen molar-refractivity contribution < 1.29 is 9.53 Å². The number of benzene rings is 1. The fraction of sp³-hybridized carbons (Fsp3) is 0.462. The van der Waals surface area contributed by atoms with Crippen LogP contribution in [0, 0.1) is 0 Å². The number of carbonyl (C=O) groups is 1. The van der Waals surface area contributed by atoms with Gasteiger partial charge in [-0.05, 0) is 26.0 Å². The zero-order valence-corrected chi connectivity index (χ0v) is 11.7. The van der Waals surface area contributed by atoms with Crippen molar-refractivity contribution in [2.75, 3.05) is 20.2 Å². The fourth-order valence-electron chi connectivity index (χ4n) is 1.45. The highest BCUT2D eigenvalue weighted by Crippen LogP contribution is 2.22. The molecular weight excluding hydrogens is 252 g/mol. The number of hydrogen-bond acceptors (Lipinski definition) is 3. The number of hydrogen-bond donors (Lipinski definition) is 1. The number of para-hydroxylation sites is 1. The first kappa shape index (κ1) is 14.8. The lowest BCUT2D eigenvalue weighted by molar-refractivity contribution is -0.134. The second-order valence-electron chi connectivity index (χ2n) is 4.73. The first-order valence-electron chi connectivity index (χ1n) is 5.74. The van der Waals surface area contributed by atoms with Gasteiger partial charge in [0.1, 0.15) is 12.4 Å². The highest BCUT2D eigenvalue weighted by atomic mass is 35.5. The van der Waals surface area contributed by atoms with Crippen molar-refractivity contribution in [2.24, 2.45) is 5.73 Å². The maximum absolute atomic E-state index is 11.8. The highest BCUT2D eigenvalue weighted by Gasteiger charge is 2.25. The predicted molar refractivity (Wildman–Crippen MR) is 72.9 cm³/mol. The van der Waals surface area contributed by atoms with E-state index in [2.05, 4.69) is 0 Å². The lowest BCUT2D eigenvalue weighted by Crippen LogP contribution is -2.50. The summed E-state index contributed by atoms with van der Waals surface area (Å²) in [6.45, 7) is 4.20. The summed E-state index contributed by atoms with van der Waals surface area (Å²) < 4.78 is 5.50. The SMILES string of the molecule is CN(CCOc1ccccc1Cl)C(=O)C(C)(C)N. The summed E-state index contributed by atoms with van der Waals surface area (Å²) in [7, 11) is 1.70. The van der Waals surface area contributed by atoms with Crippen LogP contribution >= 0.6 is 11.6 Å². The van der Waals surface area contributed by atoms with Crippen LogP contribution in [0.3, 0.4) is 0 Å². The third-order valence-electron chi connectivity index (χ3n) is 2.42. The minimum absolute atomic E-state index is 0.120.